The Morgan fingerprint density at radius 3 is 2.38 bits per heavy atom. The first-order chi connectivity index (χ1) is 22.0. The van der Waals surface area contributed by atoms with E-state index in [-0.39, 0.29) is 37.3 Å². The Balaban J connectivity index is 1.40. The molecular weight excluding hydrogens is 612 g/mol. The number of rotatable bonds is 6. The van der Waals surface area contributed by atoms with Gasteiger partial charge in [-0.1, -0.05) is 27.7 Å². The van der Waals surface area contributed by atoms with Crippen molar-refractivity contribution in [3.05, 3.63) is 24.2 Å². The molecule has 12 nitrogen and oxygen atoms in total. The molecule has 7 rings (SSSR count). The monoisotopic (exact) mass is 658 g/mol. The van der Waals surface area contributed by atoms with E-state index >= 15 is 0 Å². The number of hydrogen-bond acceptors (Lipinski definition) is 12. The Bertz CT molecular complexity index is 1490. The first-order valence-corrected chi connectivity index (χ1v) is 16.8. The van der Waals surface area contributed by atoms with Gasteiger partial charge in [0.1, 0.15) is 17.5 Å². The van der Waals surface area contributed by atoms with E-state index in [0.29, 0.717) is 12.8 Å². The van der Waals surface area contributed by atoms with Crippen LogP contribution in [0.3, 0.4) is 0 Å². The third-order valence-electron chi connectivity index (χ3n) is 13.7. The number of fused-ring (bicyclic) bond motifs is 1. The molecule has 4 saturated carbocycles. The maximum absolute atomic E-state index is 14.9. The van der Waals surface area contributed by atoms with Crippen LogP contribution in [0, 0.1) is 39.4 Å². The number of esters is 3. The molecule has 258 valence electrons. The van der Waals surface area contributed by atoms with Crippen LogP contribution >= 0.6 is 0 Å². The van der Waals surface area contributed by atoms with Gasteiger partial charge in [0, 0.05) is 42.4 Å². The molecule has 0 amide bonds. The highest BCUT2D eigenvalue weighted by Crippen LogP contribution is 2.82. The number of ether oxygens (including phenoxy) is 5. The van der Waals surface area contributed by atoms with Gasteiger partial charge in [-0.3, -0.25) is 19.2 Å². The molecule has 1 aromatic heterocycles. The van der Waals surface area contributed by atoms with Gasteiger partial charge in [0.05, 0.1) is 42.7 Å². The third kappa shape index (κ3) is 3.84. The second-order valence-electron chi connectivity index (χ2n) is 15.7. The highest BCUT2D eigenvalue weighted by molar-refractivity contribution is 5.87. The summed E-state index contributed by atoms with van der Waals surface area (Å²) in [6.45, 7) is 11.4. The van der Waals surface area contributed by atoms with Crippen LogP contribution in [0.4, 0.5) is 0 Å². The van der Waals surface area contributed by atoms with Crippen molar-refractivity contribution in [1.29, 1.82) is 0 Å². The molecule has 6 aliphatic rings. The van der Waals surface area contributed by atoms with Crippen molar-refractivity contribution in [3.8, 4) is 0 Å². The number of furan rings is 1. The van der Waals surface area contributed by atoms with Gasteiger partial charge >= 0.3 is 17.9 Å². The molecule has 2 N–H and O–H groups in total. The Labute approximate surface area is 273 Å². The SMILES string of the molecule is CCC(C)C(=O)OC1OC[C@@]23[C@H]4C(=O)C[C@@]5(C)[C@H](c6ccoc6)C[C@H]6O[C@]65[C@]4(C)[C@H](O)C[C@H]2[C@]1(C)[C@H](OC(C)=O)[C@H](OC(C)=O)[C@@H]3O. The van der Waals surface area contributed by atoms with Gasteiger partial charge in [-0.25, -0.2) is 0 Å². The summed E-state index contributed by atoms with van der Waals surface area (Å²) in [6, 6.07) is 1.91. The Morgan fingerprint density at radius 1 is 1.06 bits per heavy atom. The van der Waals surface area contributed by atoms with Crippen LogP contribution in [0.2, 0.25) is 0 Å². The minimum atomic E-state index is -1.54. The average Bonchev–Trinajstić information content (AvgIpc) is 3.37. The predicted octanol–water partition coefficient (Wildman–Crippen LogP) is 3.06. The van der Waals surface area contributed by atoms with Crippen molar-refractivity contribution in [2.24, 2.45) is 39.4 Å². The van der Waals surface area contributed by atoms with Gasteiger partial charge < -0.3 is 38.3 Å². The number of carbonyl (C=O) groups is 4. The fourth-order valence-corrected chi connectivity index (χ4v) is 11.6. The van der Waals surface area contributed by atoms with E-state index in [1.165, 1.54) is 13.8 Å². The maximum Gasteiger partial charge on any atom is 0.310 e. The van der Waals surface area contributed by atoms with Gasteiger partial charge in [0.2, 0.25) is 6.29 Å². The second-order valence-corrected chi connectivity index (χ2v) is 15.7. The molecule has 4 aliphatic carbocycles. The van der Waals surface area contributed by atoms with Gasteiger partial charge in [-0.2, -0.15) is 0 Å². The molecule has 2 saturated heterocycles. The van der Waals surface area contributed by atoms with Crippen molar-refractivity contribution in [2.45, 2.75) is 122 Å². The number of aliphatic hydroxyl groups is 2. The Hall–Kier alpha value is -2.80. The first kappa shape index (κ1) is 32.7. The highest BCUT2D eigenvalue weighted by atomic mass is 16.7. The van der Waals surface area contributed by atoms with Crippen molar-refractivity contribution in [1.82, 2.24) is 0 Å². The summed E-state index contributed by atoms with van der Waals surface area (Å²) in [5, 5.41) is 25.0. The topological polar surface area (TPSA) is 171 Å². The maximum atomic E-state index is 14.9. The number of hydrogen-bond donors (Lipinski definition) is 2. The van der Waals surface area contributed by atoms with Gasteiger partial charge in [0.25, 0.3) is 0 Å². The van der Waals surface area contributed by atoms with Gasteiger partial charge in [0.15, 0.2) is 12.2 Å². The predicted molar refractivity (Wildman–Crippen MR) is 160 cm³/mol. The zero-order chi connectivity index (χ0) is 34.1. The number of Topliss-reactive ketones (excluding diaryl/α,β-unsaturated/α-hetero) is 1. The summed E-state index contributed by atoms with van der Waals surface area (Å²) in [4.78, 5) is 53.4. The van der Waals surface area contributed by atoms with Crippen molar-refractivity contribution >= 4 is 23.7 Å². The number of ketones is 1. The van der Waals surface area contributed by atoms with Crippen LogP contribution in [-0.4, -0.2) is 82.9 Å². The summed E-state index contributed by atoms with van der Waals surface area (Å²) in [5.74, 6) is -4.40. The van der Waals surface area contributed by atoms with E-state index in [4.69, 9.17) is 28.1 Å². The van der Waals surface area contributed by atoms with Crippen LogP contribution < -0.4 is 0 Å². The van der Waals surface area contributed by atoms with Crippen LogP contribution in [0.15, 0.2) is 23.0 Å². The minimum absolute atomic E-state index is 0.0558. The zero-order valence-electron chi connectivity index (χ0n) is 28.0. The van der Waals surface area contributed by atoms with E-state index in [1.807, 2.05) is 19.9 Å². The molecule has 47 heavy (non-hydrogen) atoms. The van der Waals surface area contributed by atoms with E-state index in [1.54, 1.807) is 26.4 Å². The second kappa shape index (κ2) is 10.4. The lowest BCUT2D eigenvalue weighted by Crippen LogP contribution is -2.83. The summed E-state index contributed by atoms with van der Waals surface area (Å²) in [6.07, 6.45) is -2.27. The van der Waals surface area contributed by atoms with Crippen LogP contribution in [-0.2, 0) is 42.9 Å². The van der Waals surface area contributed by atoms with E-state index in [2.05, 4.69) is 6.92 Å². The van der Waals surface area contributed by atoms with Crippen molar-refractivity contribution in [3.63, 3.8) is 0 Å². The first-order valence-electron chi connectivity index (χ1n) is 16.8. The molecule has 2 unspecified atom stereocenters. The fourth-order valence-electron chi connectivity index (χ4n) is 11.6. The molecule has 1 aromatic rings. The lowest BCUT2D eigenvalue weighted by atomic mass is 9.33. The van der Waals surface area contributed by atoms with E-state index < -0.39 is 93.6 Å². The van der Waals surface area contributed by atoms with Crippen molar-refractivity contribution < 1.29 is 57.5 Å². The molecule has 2 aliphatic heterocycles. The summed E-state index contributed by atoms with van der Waals surface area (Å²) in [7, 11) is 0. The minimum Gasteiger partial charge on any atom is -0.472 e. The number of carbonyl (C=O) groups excluding carboxylic acids is 4. The molecule has 0 radical (unpaired) electrons. The summed E-state index contributed by atoms with van der Waals surface area (Å²) < 4.78 is 36.1. The van der Waals surface area contributed by atoms with Crippen LogP contribution in [0.5, 0.6) is 0 Å². The molecular formula is C35H46O12. The molecule has 1 spiro atoms. The quantitative estimate of drug-likeness (QED) is 0.260. The zero-order valence-corrected chi connectivity index (χ0v) is 28.0. The van der Waals surface area contributed by atoms with Crippen LogP contribution in [0.25, 0.3) is 0 Å². The number of epoxide rings is 1. The molecule has 15 atom stereocenters. The third-order valence-corrected chi connectivity index (χ3v) is 13.7. The summed E-state index contributed by atoms with van der Waals surface area (Å²) in [5.41, 5.74) is -4.66. The average molecular weight is 659 g/mol. The lowest BCUT2D eigenvalue weighted by molar-refractivity contribution is -0.389. The standard InChI is InChI=1S/C35H46O12/c1-8-16(2)29(41)46-30-32(6)22-12-23(39)33(7)26(34(22,15-43-30)27(40)25(44-17(3)36)28(32)45-18(4)37)21(38)13-31(5)20(19-9-10-42-14-19)11-24-35(31,33)47-24/h9-10,14,16,20,22-28,30,39-40H,8,11-13,15H2,1-7H3/t16?,20-,22-,23+,24+,25+,26-,27-,28+,30?,31-,32+,33+,34-,35+/m0/s1. The van der Waals surface area contributed by atoms with Crippen LogP contribution in [0.1, 0.15) is 85.6 Å². The normalized spacial score (nSPS) is 49.8. The Morgan fingerprint density at radius 2 is 1.77 bits per heavy atom. The molecule has 6 fully saturated rings. The highest BCUT2D eigenvalue weighted by Gasteiger charge is 2.90. The lowest BCUT2D eigenvalue weighted by Gasteiger charge is -2.73. The Kier molecular flexibility index (Phi) is 7.21. The molecule has 12 heteroatoms. The number of aliphatic hydroxyl groups excluding tert-OH is 2. The fraction of sp³-hybridized carbons (Fsp3) is 0.771. The molecule has 0 aromatic carbocycles. The van der Waals surface area contributed by atoms with Crippen molar-refractivity contribution in [2.75, 3.05) is 6.61 Å². The van der Waals surface area contributed by atoms with Gasteiger partial charge in [-0.05, 0) is 49.7 Å². The molecule has 3 heterocycles. The smallest absolute Gasteiger partial charge is 0.310 e. The molecule has 2 bridgehead atoms. The summed E-state index contributed by atoms with van der Waals surface area (Å²) >= 11 is 0. The van der Waals surface area contributed by atoms with E-state index in [9.17, 15) is 29.4 Å². The van der Waals surface area contributed by atoms with E-state index in [0.717, 1.165) is 5.56 Å². The largest absolute Gasteiger partial charge is 0.472 e. The van der Waals surface area contributed by atoms with Gasteiger partial charge in [-0.15, -0.1) is 0 Å².